The maximum atomic E-state index is 14.0. The number of benzene rings is 2. The van der Waals surface area contributed by atoms with Gasteiger partial charge in [-0.15, -0.1) is 0 Å². The van der Waals surface area contributed by atoms with E-state index in [4.69, 9.17) is 4.74 Å². The first-order valence-electron chi connectivity index (χ1n) is 8.53. The molecule has 0 spiro atoms. The van der Waals surface area contributed by atoms with Crippen LogP contribution in [0.5, 0.6) is 0 Å². The van der Waals surface area contributed by atoms with Crippen LogP contribution in [0.25, 0.3) is 0 Å². The van der Waals surface area contributed by atoms with Gasteiger partial charge in [0.05, 0.1) is 6.07 Å². The lowest BCUT2D eigenvalue weighted by Gasteiger charge is -2.36. The number of hydrogen-bond donors (Lipinski definition) is 0. The lowest BCUT2D eigenvalue weighted by Crippen LogP contribution is -2.49. The van der Waals surface area contributed by atoms with Gasteiger partial charge in [-0.3, -0.25) is 4.90 Å². The van der Waals surface area contributed by atoms with Crippen LogP contribution in [-0.4, -0.2) is 42.1 Å². The molecular weight excluding hydrogens is 333 g/mol. The maximum Gasteiger partial charge on any atom is 0.410 e. The van der Waals surface area contributed by atoms with Gasteiger partial charge in [-0.25, -0.2) is 9.18 Å². The minimum absolute atomic E-state index is 0.232. The van der Waals surface area contributed by atoms with Crippen LogP contribution in [0.1, 0.15) is 17.2 Å². The first-order chi connectivity index (χ1) is 12.7. The SMILES string of the molecule is N#CC(c1ccccc1F)N1CCN(C(=O)OCc2ccccc2)CC1. The van der Waals surface area contributed by atoms with Gasteiger partial charge < -0.3 is 9.64 Å². The summed E-state index contributed by atoms with van der Waals surface area (Å²) in [5, 5.41) is 9.48. The molecule has 6 heteroatoms. The third-order valence-electron chi connectivity index (χ3n) is 4.46. The van der Waals surface area contributed by atoms with Gasteiger partial charge in [-0.1, -0.05) is 48.5 Å². The number of nitrogens with zero attached hydrogens (tertiary/aromatic N) is 3. The molecule has 0 aliphatic carbocycles. The van der Waals surface area contributed by atoms with Crippen molar-refractivity contribution in [1.29, 1.82) is 5.26 Å². The van der Waals surface area contributed by atoms with Crippen LogP contribution >= 0.6 is 0 Å². The van der Waals surface area contributed by atoms with Gasteiger partial charge >= 0.3 is 6.09 Å². The predicted molar refractivity (Wildman–Crippen MR) is 94.5 cm³/mol. The second kappa shape index (κ2) is 8.45. The van der Waals surface area contributed by atoms with E-state index in [1.807, 2.05) is 35.2 Å². The molecule has 3 rings (SSSR count). The van der Waals surface area contributed by atoms with E-state index in [-0.39, 0.29) is 18.5 Å². The smallest absolute Gasteiger partial charge is 0.410 e. The van der Waals surface area contributed by atoms with Crippen molar-refractivity contribution in [3.05, 3.63) is 71.5 Å². The molecule has 134 valence electrons. The highest BCUT2D eigenvalue weighted by molar-refractivity contribution is 5.67. The zero-order chi connectivity index (χ0) is 18.4. The lowest BCUT2D eigenvalue weighted by molar-refractivity contribution is 0.0657. The summed E-state index contributed by atoms with van der Waals surface area (Å²) < 4.78 is 19.3. The molecule has 0 saturated carbocycles. The van der Waals surface area contributed by atoms with Crippen LogP contribution in [0, 0.1) is 17.1 Å². The Hall–Kier alpha value is -2.91. The van der Waals surface area contributed by atoms with Crippen LogP contribution in [0.3, 0.4) is 0 Å². The van der Waals surface area contributed by atoms with Crippen molar-refractivity contribution >= 4 is 6.09 Å². The summed E-state index contributed by atoms with van der Waals surface area (Å²) in [5.41, 5.74) is 1.30. The Bertz CT molecular complexity index is 783. The van der Waals surface area contributed by atoms with Gasteiger partial charge in [0.1, 0.15) is 18.5 Å². The quantitative estimate of drug-likeness (QED) is 0.846. The van der Waals surface area contributed by atoms with Crippen molar-refractivity contribution < 1.29 is 13.9 Å². The van der Waals surface area contributed by atoms with E-state index >= 15 is 0 Å². The monoisotopic (exact) mass is 353 g/mol. The number of amides is 1. The van der Waals surface area contributed by atoms with Crippen molar-refractivity contribution in [2.75, 3.05) is 26.2 Å². The molecule has 1 atom stereocenters. The van der Waals surface area contributed by atoms with Gasteiger partial charge in [0.2, 0.25) is 0 Å². The van der Waals surface area contributed by atoms with E-state index in [0.717, 1.165) is 5.56 Å². The summed E-state index contributed by atoms with van der Waals surface area (Å²) in [4.78, 5) is 15.7. The molecule has 1 unspecified atom stereocenters. The number of hydrogen-bond acceptors (Lipinski definition) is 4. The van der Waals surface area contributed by atoms with Crippen LogP contribution in [0.2, 0.25) is 0 Å². The fourth-order valence-corrected chi connectivity index (χ4v) is 3.02. The highest BCUT2D eigenvalue weighted by atomic mass is 19.1. The molecule has 0 aromatic heterocycles. The highest BCUT2D eigenvalue weighted by Crippen LogP contribution is 2.24. The number of piperazine rings is 1. The average molecular weight is 353 g/mol. The molecule has 5 nitrogen and oxygen atoms in total. The van der Waals surface area contributed by atoms with Crippen molar-refractivity contribution in [2.45, 2.75) is 12.6 Å². The Labute approximate surface area is 152 Å². The van der Waals surface area contributed by atoms with Crippen molar-refractivity contribution in [3.8, 4) is 6.07 Å². The van der Waals surface area contributed by atoms with E-state index in [1.54, 1.807) is 23.1 Å². The minimum Gasteiger partial charge on any atom is -0.445 e. The Morgan fingerprint density at radius 1 is 1.08 bits per heavy atom. The van der Waals surface area contributed by atoms with Crippen LogP contribution in [0.15, 0.2) is 54.6 Å². The maximum absolute atomic E-state index is 14.0. The van der Waals surface area contributed by atoms with Crippen LogP contribution in [0.4, 0.5) is 9.18 Å². The molecule has 1 saturated heterocycles. The molecule has 1 amide bonds. The molecule has 2 aromatic carbocycles. The first kappa shape index (κ1) is 17.9. The first-order valence-corrected chi connectivity index (χ1v) is 8.53. The molecule has 26 heavy (non-hydrogen) atoms. The fraction of sp³-hybridized carbons (Fsp3) is 0.300. The highest BCUT2D eigenvalue weighted by Gasteiger charge is 2.29. The van der Waals surface area contributed by atoms with Crippen molar-refractivity contribution in [1.82, 2.24) is 9.80 Å². The second-order valence-electron chi connectivity index (χ2n) is 6.12. The summed E-state index contributed by atoms with van der Waals surface area (Å²) in [6.45, 7) is 2.11. The van der Waals surface area contributed by atoms with Gasteiger partial charge in [0.25, 0.3) is 0 Å². The van der Waals surface area contributed by atoms with Crippen molar-refractivity contribution in [3.63, 3.8) is 0 Å². The lowest BCUT2D eigenvalue weighted by atomic mass is 10.1. The third-order valence-corrected chi connectivity index (χ3v) is 4.46. The van der Waals surface area contributed by atoms with E-state index in [1.165, 1.54) is 6.07 Å². The summed E-state index contributed by atoms with van der Waals surface area (Å²) in [6.07, 6.45) is -0.368. The Kier molecular flexibility index (Phi) is 5.82. The fourth-order valence-electron chi connectivity index (χ4n) is 3.02. The summed E-state index contributed by atoms with van der Waals surface area (Å²) in [7, 11) is 0. The molecular formula is C20H20FN3O2. The Morgan fingerprint density at radius 3 is 2.38 bits per heavy atom. The van der Waals surface area contributed by atoms with Gasteiger partial charge in [-0.05, 0) is 11.6 Å². The molecule has 1 fully saturated rings. The molecule has 0 radical (unpaired) electrons. The zero-order valence-corrected chi connectivity index (χ0v) is 14.3. The number of ether oxygens (including phenoxy) is 1. The molecule has 0 bridgehead atoms. The Balaban J connectivity index is 1.54. The number of nitriles is 1. The number of carbonyl (C=O) groups excluding carboxylic acids is 1. The molecule has 2 aromatic rings. The normalized spacial score (nSPS) is 15.9. The zero-order valence-electron chi connectivity index (χ0n) is 14.3. The van der Waals surface area contributed by atoms with E-state index in [2.05, 4.69) is 6.07 Å². The summed E-state index contributed by atoms with van der Waals surface area (Å²) in [5.74, 6) is -0.385. The van der Waals surface area contributed by atoms with Gasteiger partial charge in [-0.2, -0.15) is 5.26 Å². The molecule has 1 heterocycles. The van der Waals surface area contributed by atoms with E-state index in [0.29, 0.717) is 31.7 Å². The predicted octanol–water partition coefficient (Wildman–Crippen LogP) is 3.34. The second-order valence-corrected chi connectivity index (χ2v) is 6.12. The molecule has 1 aliphatic heterocycles. The number of carbonyl (C=O) groups is 1. The summed E-state index contributed by atoms with van der Waals surface area (Å²) >= 11 is 0. The number of rotatable bonds is 4. The Morgan fingerprint density at radius 2 is 1.73 bits per heavy atom. The van der Waals surface area contributed by atoms with E-state index in [9.17, 15) is 14.4 Å². The van der Waals surface area contributed by atoms with Gasteiger partial charge in [0.15, 0.2) is 0 Å². The van der Waals surface area contributed by atoms with E-state index < -0.39 is 6.04 Å². The molecule has 0 N–H and O–H groups in total. The molecule has 1 aliphatic rings. The third kappa shape index (κ3) is 4.19. The minimum atomic E-state index is -0.654. The average Bonchev–Trinajstić information content (AvgIpc) is 2.69. The topological polar surface area (TPSA) is 56.6 Å². The van der Waals surface area contributed by atoms with Crippen LogP contribution in [-0.2, 0) is 11.3 Å². The summed E-state index contributed by atoms with van der Waals surface area (Å²) in [6, 6.07) is 17.3. The largest absolute Gasteiger partial charge is 0.445 e. The van der Waals surface area contributed by atoms with Crippen LogP contribution < -0.4 is 0 Å². The standard InChI is InChI=1S/C20H20FN3O2/c21-18-9-5-4-8-17(18)19(14-22)23-10-12-24(13-11-23)20(25)26-15-16-6-2-1-3-7-16/h1-9,19H,10-13,15H2. The number of halogens is 1. The van der Waals surface area contributed by atoms with Crippen molar-refractivity contribution in [2.24, 2.45) is 0 Å². The van der Waals surface area contributed by atoms with Gasteiger partial charge in [0, 0.05) is 31.7 Å².